The van der Waals surface area contributed by atoms with Crippen LogP contribution in [0.25, 0.3) is 6.08 Å². The molecule has 4 N–H and O–H groups in total. The van der Waals surface area contributed by atoms with Crippen molar-refractivity contribution in [2.45, 2.75) is 6.42 Å². The molecule has 0 radical (unpaired) electrons. The molecule has 2 aromatic rings. The molecule has 0 unspecified atom stereocenters. The molecule has 0 fully saturated rings. The monoisotopic (exact) mass is 330 g/mol. The highest BCUT2D eigenvalue weighted by molar-refractivity contribution is 5.72. The molecule has 1 aromatic heterocycles. The Morgan fingerprint density at radius 2 is 2.08 bits per heavy atom. The van der Waals surface area contributed by atoms with Crippen molar-refractivity contribution >= 4 is 17.8 Å². The van der Waals surface area contributed by atoms with Gasteiger partial charge in [0.1, 0.15) is 6.61 Å². The maximum atomic E-state index is 11.7. The lowest BCUT2D eigenvalue weighted by Gasteiger charge is -2.21. The summed E-state index contributed by atoms with van der Waals surface area (Å²) in [5.41, 5.74) is 13.7. The zero-order chi connectivity index (χ0) is 17.3. The molecule has 24 heavy (non-hydrogen) atoms. The first-order valence-electron chi connectivity index (χ1n) is 7.26. The van der Waals surface area contributed by atoms with Gasteiger partial charge in [0, 0.05) is 17.5 Å². The van der Waals surface area contributed by atoms with Crippen LogP contribution in [-0.4, -0.2) is 25.8 Å². The van der Waals surface area contributed by atoms with E-state index >= 15 is 0 Å². The normalized spacial score (nSPS) is 12.4. The van der Waals surface area contributed by atoms with Gasteiger partial charge in [-0.15, -0.1) is 0 Å². The van der Waals surface area contributed by atoms with Gasteiger partial charge in [-0.3, -0.25) is 5.73 Å². The number of fused-ring (bicyclic) bond motifs is 1. The molecule has 0 atom stereocenters. The van der Waals surface area contributed by atoms with Crippen LogP contribution < -0.4 is 30.4 Å². The fourth-order valence-electron chi connectivity index (χ4n) is 2.66. The maximum Gasteiger partial charge on any atom is 0.391 e. The molecular weight excluding hydrogens is 312 g/mol. The number of methoxy groups -OCH3 is 2. The van der Waals surface area contributed by atoms with Crippen LogP contribution in [0.4, 0.5) is 11.8 Å². The Hall–Kier alpha value is -3.16. The number of nitrogens with zero attached hydrogens (tertiary/aromatic N) is 2. The molecule has 0 amide bonds. The molecule has 0 saturated heterocycles. The average Bonchev–Trinajstić information content (AvgIpc) is 2.59. The van der Waals surface area contributed by atoms with Gasteiger partial charge in [-0.2, -0.15) is 0 Å². The van der Waals surface area contributed by atoms with Gasteiger partial charge in [-0.05, 0) is 17.7 Å². The van der Waals surface area contributed by atoms with E-state index in [-0.39, 0.29) is 11.8 Å². The van der Waals surface area contributed by atoms with E-state index in [1.54, 1.807) is 14.2 Å². The van der Waals surface area contributed by atoms with Gasteiger partial charge in [-0.25, -0.2) is 4.73 Å². The van der Waals surface area contributed by atoms with E-state index in [0.717, 1.165) is 11.1 Å². The second kappa shape index (κ2) is 6.15. The minimum Gasteiger partial charge on any atom is -0.740 e. The molecule has 126 valence electrons. The Bertz CT molecular complexity index is 820. The van der Waals surface area contributed by atoms with Crippen LogP contribution in [0.3, 0.4) is 0 Å². The van der Waals surface area contributed by atoms with Crippen LogP contribution in [0.5, 0.6) is 17.2 Å². The number of benzene rings is 1. The summed E-state index contributed by atoms with van der Waals surface area (Å²) in [6.07, 6.45) is 5.55. The Kier molecular flexibility index (Phi) is 4.03. The van der Waals surface area contributed by atoms with E-state index in [0.29, 0.717) is 40.6 Å². The van der Waals surface area contributed by atoms with Crippen molar-refractivity contribution < 1.29 is 18.9 Å². The number of nitrogen functional groups attached to an aromatic ring is 2. The van der Waals surface area contributed by atoms with Crippen LogP contribution in [0.2, 0.25) is 0 Å². The molecule has 0 spiro atoms. The Labute approximate surface area is 138 Å². The first-order chi connectivity index (χ1) is 11.5. The lowest BCUT2D eigenvalue weighted by Crippen LogP contribution is -2.32. The molecule has 2 heterocycles. The smallest absolute Gasteiger partial charge is 0.391 e. The Morgan fingerprint density at radius 1 is 1.29 bits per heavy atom. The first-order valence-corrected chi connectivity index (χ1v) is 7.26. The molecule has 1 aliphatic rings. The van der Waals surface area contributed by atoms with Crippen molar-refractivity contribution in [1.29, 1.82) is 0 Å². The summed E-state index contributed by atoms with van der Waals surface area (Å²) in [5.74, 6) is 1.70. The summed E-state index contributed by atoms with van der Waals surface area (Å²) in [6, 6.07) is 1.83. The molecule has 8 heteroatoms. The van der Waals surface area contributed by atoms with Gasteiger partial charge in [0.2, 0.25) is 11.6 Å². The molecule has 0 bridgehead atoms. The van der Waals surface area contributed by atoms with E-state index in [2.05, 4.69) is 4.98 Å². The molecule has 0 saturated carbocycles. The van der Waals surface area contributed by atoms with Crippen molar-refractivity contribution in [3.63, 3.8) is 0 Å². The number of ether oxygens (including phenoxy) is 3. The van der Waals surface area contributed by atoms with Gasteiger partial charge in [-0.1, -0.05) is 11.1 Å². The van der Waals surface area contributed by atoms with Crippen LogP contribution >= 0.6 is 0 Å². The lowest BCUT2D eigenvalue weighted by atomic mass is 9.97. The third-order valence-electron chi connectivity index (χ3n) is 3.80. The number of anilines is 2. The topological polar surface area (TPSA) is 120 Å². The second-order valence-electron chi connectivity index (χ2n) is 5.24. The summed E-state index contributed by atoms with van der Waals surface area (Å²) >= 11 is 0. The molecule has 1 aromatic carbocycles. The third kappa shape index (κ3) is 2.62. The van der Waals surface area contributed by atoms with Crippen molar-refractivity contribution in [2.75, 3.05) is 32.3 Å². The Balaban J connectivity index is 2.12. The number of hydrogen-bond acceptors (Lipinski definition) is 7. The molecule has 1 aliphatic heterocycles. The maximum absolute atomic E-state index is 11.7. The predicted molar refractivity (Wildman–Crippen MR) is 88.9 cm³/mol. The van der Waals surface area contributed by atoms with Crippen molar-refractivity contribution in [3.8, 4) is 17.2 Å². The van der Waals surface area contributed by atoms with Gasteiger partial charge < -0.3 is 25.2 Å². The van der Waals surface area contributed by atoms with Crippen molar-refractivity contribution in [1.82, 2.24) is 4.98 Å². The third-order valence-corrected chi connectivity index (χ3v) is 3.80. The molecule has 0 aliphatic carbocycles. The van der Waals surface area contributed by atoms with Gasteiger partial charge in [0.05, 0.1) is 20.4 Å². The summed E-state index contributed by atoms with van der Waals surface area (Å²) in [5, 5.41) is 11.7. The second-order valence-corrected chi connectivity index (χ2v) is 5.24. The first kappa shape index (κ1) is 15.7. The highest BCUT2D eigenvalue weighted by atomic mass is 16.5. The minimum atomic E-state index is -0.186. The summed E-state index contributed by atoms with van der Waals surface area (Å²) < 4.78 is 17.0. The van der Waals surface area contributed by atoms with Crippen LogP contribution in [-0.2, 0) is 6.42 Å². The van der Waals surface area contributed by atoms with Gasteiger partial charge >= 0.3 is 5.95 Å². The SMILES string of the molecule is COc1cc(Cc2c[n+]([O-])c(N)nc2N)c2c(c1OC)OCC=C2. The summed E-state index contributed by atoms with van der Waals surface area (Å²) in [4.78, 5) is 3.86. The molecular formula is C16H18N4O4. The highest BCUT2D eigenvalue weighted by Crippen LogP contribution is 2.44. The number of nitrogens with two attached hydrogens (primary N) is 2. The quantitative estimate of drug-likeness (QED) is 0.631. The summed E-state index contributed by atoms with van der Waals surface area (Å²) in [7, 11) is 3.11. The van der Waals surface area contributed by atoms with Gasteiger partial charge in [0.15, 0.2) is 11.5 Å². The highest BCUT2D eigenvalue weighted by Gasteiger charge is 2.22. The van der Waals surface area contributed by atoms with E-state index < -0.39 is 0 Å². The van der Waals surface area contributed by atoms with Crippen LogP contribution in [0, 0.1) is 5.21 Å². The fourth-order valence-corrected chi connectivity index (χ4v) is 2.66. The largest absolute Gasteiger partial charge is 0.740 e. The van der Waals surface area contributed by atoms with Crippen molar-refractivity contribution in [2.24, 2.45) is 0 Å². The zero-order valence-corrected chi connectivity index (χ0v) is 13.4. The van der Waals surface area contributed by atoms with E-state index in [9.17, 15) is 5.21 Å². The standard InChI is InChI=1S/C16H18N4O4/c1-22-12-7-9(6-10-8-20(21)16(18)19-15(10)17)11-4-3-5-24-13(11)14(12)23-2/h3-4,7-8H,5-6H2,1-2H3,(H4,17,18,19). The van der Waals surface area contributed by atoms with Crippen LogP contribution in [0.15, 0.2) is 18.3 Å². The van der Waals surface area contributed by atoms with Gasteiger partial charge in [0.25, 0.3) is 0 Å². The predicted octanol–water partition coefficient (Wildman–Crippen LogP) is 0.893. The number of hydrogen-bond donors (Lipinski definition) is 2. The van der Waals surface area contributed by atoms with Crippen LogP contribution in [0.1, 0.15) is 16.7 Å². The summed E-state index contributed by atoms with van der Waals surface area (Å²) in [6.45, 7) is 0.447. The average molecular weight is 330 g/mol. The molecule has 8 nitrogen and oxygen atoms in total. The minimum absolute atomic E-state index is 0.186. The number of rotatable bonds is 4. The van der Waals surface area contributed by atoms with E-state index in [1.165, 1.54) is 6.20 Å². The lowest BCUT2D eigenvalue weighted by molar-refractivity contribution is -0.593. The number of aromatic nitrogens is 2. The van der Waals surface area contributed by atoms with E-state index in [4.69, 9.17) is 25.7 Å². The fraction of sp³-hybridized carbons (Fsp3) is 0.250. The Morgan fingerprint density at radius 3 is 2.79 bits per heavy atom. The zero-order valence-electron chi connectivity index (χ0n) is 13.4. The van der Waals surface area contributed by atoms with E-state index in [1.807, 2.05) is 18.2 Å². The van der Waals surface area contributed by atoms with Crippen molar-refractivity contribution in [3.05, 3.63) is 40.2 Å². The molecule has 3 rings (SSSR count).